The quantitative estimate of drug-likeness (QED) is 0.647. The van der Waals surface area contributed by atoms with Crippen molar-refractivity contribution < 1.29 is 24.1 Å². The Morgan fingerprint density at radius 2 is 1.83 bits per heavy atom. The van der Waals surface area contributed by atoms with E-state index in [1.165, 1.54) is 0 Å². The molecule has 4 atom stereocenters. The van der Waals surface area contributed by atoms with Crippen LogP contribution >= 0.6 is 0 Å². The van der Waals surface area contributed by atoms with Crippen molar-refractivity contribution in [2.45, 2.75) is 109 Å². The number of hydrogen-bond acceptors (Lipinski definition) is 5. The maximum Gasteiger partial charge on any atom is 0.192 e. The Kier molecular flexibility index (Phi) is 7.48. The number of aliphatic hydroxyl groups excluding tert-OH is 2. The van der Waals surface area contributed by atoms with Crippen molar-refractivity contribution in [2.75, 3.05) is 6.61 Å². The van der Waals surface area contributed by atoms with Gasteiger partial charge < -0.3 is 24.1 Å². The van der Waals surface area contributed by atoms with Gasteiger partial charge in [-0.3, -0.25) is 0 Å². The van der Waals surface area contributed by atoms with E-state index in [4.69, 9.17) is 13.9 Å². The zero-order chi connectivity index (χ0) is 18.8. The second-order valence-corrected chi connectivity index (χ2v) is 13.7. The number of ether oxygens (including phenoxy) is 2. The van der Waals surface area contributed by atoms with Crippen molar-refractivity contribution in [3.63, 3.8) is 0 Å². The van der Waals surface area contributed by atoms with Gasteiger partial charge in [0.1, 0.15) is 12.2 Å². The lowest BCUT2D eigenvalue weighted by molar-refractivity contribution is -0.166. The van der Waals surface area contributed by atoms with Crippen LogP contribution in [0, 0.1) is 0 Å². The summed E-state index contributed by atoms with van der Waals surface area (Å²) in [5.41, 5.74) is 0. The molecular weight excluding hydrogens is 324 g/mol. The second-order valence-electron chi connectivity index (χ2n) is 8.91. The van der Waals surface area contributed by atoms with Gasteiger partial charge in [0.05, 0.1) is 18.8 Å². The van der Waals surface area contributed by atoms with Crippen molar-refractivity contribution in [2.24, 2.45) is 0 Å². The fourth-order valence-corrected chi connectivity index (χ4v) is 3.90. The minimum atomic E-state index is -2.14. The summed E-state index contributed by atoms with van der Waals surface area (Å²) in [4.78, 5) is 0. The summed E-state index contributed by atoms with van der Waals surface area (Å²) in [6, 6.07) is 0. The van der Waals surface area contributed by atoms with E-state index in [0.29, 0.717) is 13.0 Å². The van der Waals surface area contributed by atoms with E-state index in [1.54, 1.807) is 0 Å². The summed E-state index contributed by atoms with van der Waals surface area (Å²) >= 11 is 0. The summed E-state index contributed by atoms with van der Waals surface area (Å²) < 4.78 is 17.8. The van der Waals surface area contributed by atoms with Crippen molar-refractivity contribution in [1.82, 2.24) is 0 Å². The molecule has 0 unspecified atom stereocenters. The molecule has 0 amide bonds. The molecule has 0 aromatic carbocycles. The Balaban J connectivity index is 2.92. The van der Waals surface area contributed by atoms with E-state index in [-0.39, 0.29) is 5.04 Å². The molecule has 0 aromatic rings. The van der Waals surface area contributed by atoms with Crippen LogP contribution in [-0.4, -0.2) is 55.3 Å². The van der Waals surface area contributed by atoms with Crippen LogP contribution in [0.25, 0.3) is 0 Å². The zero-order valence-corrected chi connectivity index (χ0v) is 17.8. The molecule has 0 aliphatic carbocycles. The van der Waals surface area contributed by atoms with E-state index < -0.39 is 38.5 Å². The van der Waals surface area contributed by atoms with E-state index in [1.807, 2.05) is 13.8 Å². The molecule has 24 heavy (non-hydrogen) atoms. The number of hydrogen-bond donors (Lipinski definition) is 2. The van der Waals surface area contributed by atoms with Gasteiger partial charge in [0.2, 0.25) is 0 Å². The lowest BCUT2D eigenvalue weighted by Gasteiger charge is -2.42. The molecule has 2 N–H and O–H groups in total. The number of aliphatic hydroxyl groups is 2. The fraction of sp³-hybridized carbons (Fsp3) is 1.00. The summed E-state index contributed by atoms with van der Waals surface area (Å²) in [7, 11) is -2.14. The van der Waals surface area contributed by atoms with Crippen LogP contribution in [0.3, 0.4) is 0 Å². The van der Waals surface area contributed by atoms with Crippen molar-refractivity contribution in [3.05, 3.63) is 0 Å². The third kappa shape index (κ3) is 5.78. The van der Waals surface area contributed by atoms with Crippen LogP contribution in [0.5, 0.6) is 0 Å². The van der Waals surface area contributed by atoms with E-state index >= 15 is 0 Å². The molecule has 0 bridgehead atoms. The number of rotatable bonds is 8. The largest absolute Gasteiger partial charge is 0.409 e. The van der Waals surface area contributed by atoms with Crippen LogP contribution in [-0.2, 0) is 13.9 Å². The third-order valence-electron chi connectivity index (χ3n) is 5.22. The van der Waals surface area contributed by atoms with Gasteiger partial charge in [-0.25, -0.2) is 0 Å². The first-order chi connectivity index (χ1) is 10.8. The highest BCUT2D eigenvalue weighted by molar-refractivity contribution is 6.74. The SMILES string of the molecule is CCCC[C@H](O)[C@@H](O[Si](C)(C)C(C)(C)C)[C@H](O)[C@@H]1COC(C)(C)O1. The Hall–Kier alpha value is 0.0169. The minimum absolute atomic E-state index is 0.00174. The predicted molar refractivity (Wildman–Crippen MR) is 98.5 cm³/mol. The van der Waals surface area contributed by atoms with Gasteiger partial charge in [-0.05, 0) is 38.4 Å². The predicted octanol–water partition coefficient (Wildman–Crippen LogP) is 3.44. The second kappa shape index (κ2) is 8.14. The summed E-state index contributed by atoms with van der Waals surface area (Å²) in [5, 5.41) is 21.5. The molecule has 144 valence electrons. The maximum absolute atomic E-state index is 10.9. The van der Waals surface area contributed by atoms with Crippen molar-refractivity contribution in [1.29, 1.82) is 0 Å². The third-order valence-corrected chi connectivity index (χ3v) is 9.69. The van der Waals surface area contributed by atoms with E-state index in [2.05, 4.69) is 40.8 Å². The standard InChI is InChI=1S/C18H38O5Si/c1-9-10-11-13(19)16(23-24(7,8)17(2,3)4)15(20)14-12-21-18(5,6)22-14/h13-16,19-20H,9-12H2,1-8H3/t13-,14-,15+,16+/m0/s1. The molecule has 0 radical (unpaired) electrons. The summed E-state index contributed by atoms with van der Waals surface area (Å²) in [5.74, 6) is -0.707. The van der Waals surface area contributed by atoms with E-state index in [0.717, 1.165) is 12.8 Å². The average Bonchev–Trinajstić information content (AvgIpc) is 2.80. The lowest BCUT2D eigenvalue weighted by atomic mass is 9.99. The maximum atomic E-state index is 10.9. The molecule has 1 rings (SSSR count). The first kappa shape index (κ1) is 22.1. The van der Waals surface area contributed by atoms with E-state index in [9.17, 15) is 10.2 Å². The molecule has 1 aliphatic heterocycles. The lowest BCUT2D eigenvalue weighted by Crippen LogP contribution is -2.54. The Morgan fingerprint density at radius 3 is 2.25 bits per heavy atom. The Bertz CT molecular complexity index is 391. The van der Waals surface area contributed by atoms with Crippen LogP contribution in [0.15, 0.2) is 0 Å². The minimum Gasteiger partial charge on any atom is -0.409 e. The van der Waals surface area contributed by atoms with Crippen LogP contribution in [0.1, 0.15) is 60.8 Å². The normalized spacial score (nSPS) is 25.5. The van der Waals surface area contributed by atoms with Gasteiger partial charge in [-0.15, -0.1) is 0 Å². The average molecular weight is 363 g/mol. The highest BCUT2D eigenvalue weighted by atomic mass is 28.4. The first-order valence-corrected chi connectivity index (χ1v) is 12.1. The highest BCUT2D eigenvalue weighted by Crippen LogP contribution is 2.39. The van der Waals surface area contributed by atoms with Gasteiger partial charge >= 0.3 is 0 Å². The smallest absolute Gasteiger partial charge is 0.192 e. The van der Waals surface area contributed by atoms with Crippen molar-refractivity contribution >= 4 is 8.32 Å². The monoisotopic (exact) mass is 362 g/mol. The molecule has 1 fully saturated rings. The highest BCUT2D eigenvalue weighted by Gasteiger charge is 2.46. The van der Waals surface area contributed by atoms with Crippen LogP contribution in [0.2, 0.25) is 18.1 Å². The van der Waals surface area contributed by atoms with Crippen LogP contribution < -0.4 is 0 Å². The molecule has 0 aromatic heterocycles. The molecule has 0 spiro atoms. The zero-order valence-electron chi connectivity index (χ0n) is 16.8. The molecule has 1 aliphatic rings. The first-order valence-electron chi connectivity index (χ1n) is 9.16. The van der Waals surface area contributed by atoms with Crippen molar-refractivity contribution in [3.8, 4) is 0 Å². The molecule has 1 saturated heterocycles. The van der Waals surface area contributed by atoms with Crippen LogP contribution in [0.4, 0.5) is 0 Å². The van der Waals surface area contributed by atoms with Gasteiger partial charge in [-0.1, -0.05) is 40.5 Å². The van der Waals surface area contributed by atoms with Gasteiger partial charge in [-0.2, -0.15) is 0 Å². The van der Waals surface area contributed by atoms with Gasteiger partial charge in [0.25, 0.3) is 0 Å². The summed E-state index contributed by atoms with van der Waals surface area (Å²) in [6.45, 7) is 16.8. The topological polar surface area (TPSA) is 68.2 Å². The van der Waals surface area contributed by atoms with Gasteiger partial charge in [0, 0.05) is 0 Å². The molecular formula is C18H38O5Si. The Morgan fingerprint density at radius 1 is 1.25 bits per heavy atom. The number of unbranched alkanes of at least 4 members (excludes halogenated alkanes) is 1. The summed E-state index contributed by atoms with van der Waals surface area (Å²) in [6.07, 6.45) is -0.237. The molecule has 6 heteroatoms. The molecule has 5 nitrogen and oxygen atoms in total. The fourth-order valence-electron chi connectivity index (χ4n) is 2.57. The Labute approximate surface area is 148 Å². The van der Waals surface area contributed by atoms with Gasteiger partial charge in [0.15, 0.2) is 14.1 Å². The molecule has 1 heterocycles. The molecule has 0 saturated carbocycles.